The van der Waals surface area contributed by atoms with Crippen LogP contribution in [0, 0.1) is 0 Å². The summed E-state index contributed by atoms with van der Waals surface area (Å²) in [7, 11) is 0. The monoisotopic (exact) mass is 510 g/mol. The molecular formula is C23H23ClN8O4. The lowest BCUT2D eigenvalue weighted by Crippen LogP contribution is -2.36. The number of nitrogen functional groups attached to an aromatic ring is 1. The third-order valence-electron chi connectivity index (χ3n) is 6.13. The van der Waals surface area contributed by atoms with Crippen molar-refractivity contribution >= 4 is 52.1 Å². The van der Waals surface area contributed by atoms with Crippen LogP contribution < -0.4 is 20.9 Å². The number of pyridine rings is 2. The van der Waals surface area contributed by atoms with Crippen LogP contribution in [0.25, 0.3) is 22.7 Å². The second-order valence-corrected chi connectivity index (χ2v) is 8.96. The maximum Gasteiger partial charge on any atom is 0.300 e. The predicted octanol–water partition coefficient (Wildman–Crippen LogP) is 3.20. The number of nitrogens with one attached hydrogen (secondary N) is 1. The van der Waals surface area contributed by atoms with Crippen molar-refractivity contribution in [2.75, 3.05) is 60.2 Å². The van der Waals surface area contributed by atoms with Crippen molar-refractivity contribution in [1.82, 2.24) is 19.9 Å². The number of carbonyl (C=O) groups excluding carboxylic acids is 1. The van der Waals surface area contributed by atoms with Crippen molar-refractivity contribution < 1.29 is 18.4 Å². The standard InChI is InChI=1S/C23H23ClN8O4/c24-14-11-26-18(25)9-13(14)22-28-16(12-35-22)21(33)27-15-10-17-19(29-20(15)31-3-1-2-4-31)30-23(36-17)32-5-7-34-8-6-32/h9-12H,1-8H2,(H2,25,26)(H,27,33). The molecule has 0 aromatic carbocycles. The summed E-state index contributed by atoms with van der Waals surface area (Å²) >= 11 is 6.20. The molecule has 0 saturated carbocycles. The van der Waals surface area contributed by atoms with Gasteiger partial charge in [-0.1, -0.05) is 11.6 Å². The summed E-state index contributed by atoms with van der Waals surface area (Å²) in [5.74, 6) is 0.608. The first-order valence-corrected chi connectivity index (χ1v) is 12.0. The molecule has 0 unspecified atom stereocenters. The molecule has 36 heavy (non-hydrogen) atoms. The average Bonchev–Trinajstić information content (AvgIpc) is 3.66. The van der Waals surface area contributed by atoms with Crippen LogP contribution in [0.3, 0.4) is 0 Å². The molecule has 6 heterocycles. The number of aromatic nitrogens is 4. The lowest BCUT2D eigenvalue weighted by molar-refractivity contribution is 0.102. The SMILES string of the molecule is Nc1cc(-c2nc(C(=O)Nc3cc4oc(N5CCOCC5)nc4nc3N3CCCC3)co2)c(Cl)cn1. The summed E-state index contributed by atoms with van der Waals surface area (Å²) in [6.07, 6.45) is 4.77. The zero-order valence-electron chi connectivity index (χ0n) is 19.2. The first kappa shape index (κ1) is 22.6. The van der Waals surface area contributed by atoms with Crippen LogP contribution in [-0.2, 0) is 4.74 Å². The maximum atomic E-state index is 13.1. The van der Waals surface area contributed by atoms with Gasteiger partial charge in [0.05, 0.1) is 29.5 Å². The van der Waals surface area contributed by atoms with Gasteiger partial charge in [0.1, 0.15) is 12.1 Å². The summed E-state index contributed by atoms with van der Waals surface area (Å²) in [5, 5.41) is 3.23. The Morgan fingerprint density at radius 2 is 1.86 bits per heavy atom. The normalized spacial score (nSPS) is 16.1. The van der Waals surface area contributed by atoms with Gasteiger partial charge < -0.3 is 34.4 Å². The van der Waals surface area contributed by atoms with Crippen molar-refractivity contribution in [2.24, 2.45) is 0 Å². The number of halogens is 1. The molecule has 4 aromatic rings. The van der Waals surface area contributed by atoms with Crippen LogP contribution in [0.4, 0.5) is 23.3 Å². The van der Waals surface area contributed by atoms with Crippen LogP contribution in [0.15, 0.2) is 33.4 Å². The van der Waals surface area contributed by atoms with E-state index >= 15 is 0 Å². The molecular weight excluding hydrogens is 488 g/mol. The Kier molecular flexibility index (Phi) is 5.82. The second-order valence-electron chi connectivity index (χ2n) is 8.55. The number of nitrogens with two attached hydrogens (primary N) is 1. The minimum absolute atomic E-state index is 0.0792. The van der Waals surface area contributed by atoms with Gasteiger partial charge in [0.25, 0.3) is 11.9 Å². The third kappa shape index (κ3) is 4.29. The molecule has 0 spiro atoms. The van der Waals surface area contributed by atoms with E-state index in [9.17, 15) is 4.79 Å². The average molecular weight is 511 g/mol. The molecule has 2 aliphatic rings. The van der Waals surface area contributed by atoms with Gasteiger partial charge in [-0.25, -0.2) is 15.0 Å². The highest BCUT2D eigenvalue weighted by atomic mass is 35.5. The third-order valence-corrected chi connectivity index (χ3v) is 6.43. The molecule has 2 saturated heterocycles. The Morgan fingerprint density at radius 3 is 2.67 bits per heavy atom. The predicted molar refractivity (Wildman–Crippen MR) is 133 cm³/mol. The number of ether oxygens (including phenoxy) is 1. The van der Waals surface area contributed by atoms with Crippen molar-refractivity contribution in [2.45, 2.75) is 12.8 Å². The molecule has 6 rings (SSSR count). The Labute approximate surface area is 210 Å². The number of rotatable bonds is 5. The van der Waals surface area contributed by atoms with Crippen molar-refractivity contribution in [1.29, 1.82) is 0 Å². The van der Waals surface area contributed by atoms with E-state index < -0.39 is 5.91 Å². The van der Waals surface area contributed by atoms with E-state index in [1.54, 1.807) is 6.07 Å². The summed E-state index contributed by atoms with van der Waals surface area (Å²) in [6, 6.07) is 3.78. The van der Waals surface area contributed by atoms with Crippen LogP contribution in [0.2, 0.25) is 5.02 Å². The number of hydrogen-bond acceptors (Lipinski definition) is 11. The van der Waals surface area contributed by atoms with E-state index in [1.807, 2.05) is 4.90 Å². The number of carbonyl (C=O) groups is 1. The van der Waals surface area contributed by atoms with Crippen molar-refractivity contribution in [3.05, 3.63) is 35.3 Å². The lowest BCUT2D eigenvalue weighted by Gasteiger charge is -2.24. The highest BCUT2D eigenvalue weighted by molar-refractivity contribution is 6.33. The molecule has 13 heteroatoms. The fraction of sp³-hybridized carbons (Fsp3) is 0.348. The Balaban J connectivity index is 1.31. The van der Waals surface area contributed by atoms with Gasteiger partial charge in [-0.2, -0.15) is 4.98 Å². The smallest absolute Gasteiger partial charge is 0.300 e. The van der Waals surface area contributed by atoms with Gasteiger partial charge >= 0.3 is 0 Å². The zero-order valence-corrected chi connectivity index (χ0v) is 20.0. The molecule has 1 amide bonds. The largest absolute Gasteiger partial charge is 0.444 e. The van der Waals surface area contributed by atoms with E-state index in [0.717, 1.165) is 25.9 Å². The quantitative estimate of drug-likeness (QED) is 0.407. The van der Waals surface area contributed by atoms with Gasteiger partial charge in [-0.3, -0.25) is 4.79 Å². The van der Waals surface area contributed by atoms with E-state index in [2.05, 4.69) is 25.2 Å². The topological polar surface area (TPSA) is 149 Å². The van der Waals surface area contributed by atoms with E-state index in [4.69, 9.17) is 35.9 Å². The summed E-state index contributed by atoms with van der Waals surface area (Å²) in [6.45, 7) is 4.29. The fourth-order valence-electron chi connectivity index (χ4n) is 4.30. The van der Waals surface area contributed by atoms with Gasteiger partial charge in [-0.05, 0) is 18.9 Å². The number of oxazole rings is 2. The fourth-order valence-corrected chi connectivity index (χ4v) is 4.49. The Bertz CT molecular complexity index is 1430. The summed E-state index contributed by atoms with van der Waals surface area (Å²) in [4.78, 5) is 34.9. The molecule has 2 aliphatic heterocycles. The minimum atomic E-state index is -0.460. The van der Waals surface area contributed by atoms with E-state index in [-0.39, 0.29) is 17.4 Å². The van der Waals surface area contributed by atoms with Crippen LogP contribution in [-0.4, -0.2) is 65.2 Å². The number of anilines is 4. The molecule has 0 aliphatic carbocycles. The van der Waals surface area contributed by atoms with Crippen molar-refractivity contribution in [3.63, 3.8) is 0 Å². The Morgan fingerprint density at radius 1 is 1.06 bits per heavy atom. The number of morpholine rings is 1. The van der Waals surface area contributed by atoms with Crippen LogP contribution in [0.5, 0.6) is 0 Å². The first-order valence-electron chi connectivity index (χ1n) is 11.6. The molecule has 0 atom stereocenters. The second kappa shape index (κ2) is 9.28. The van der Waals surface area contributed by atoms with E-state index in [0.29, 0.717) is 65.6 Å². The molecule has 4 aromatic heterocycles. The molecule has 2 fully saturated rings. The molecule has 186 valence electrons. The number of nitrogens with zero attached hydrogens (tertiary/aromatic N) is 6. The van der Waals surface area contributed by atoms with Gasteiger partial charge in [0, 0.05) is 38.4 Å². The highest BCUT2D eigenvalue weighted by Gasteiger charge is 2.25. The van der Waals surface area contributed by atoms with Crippen molar-refractivity contribution in [3.8, 4) is 11.5 Å². The minimum Gasteiger partial charge on any atom is -0.444 e. The van der Waals surface area contributed by atoms with Crippen LogP contribution in [0.1, 0.15) is 23.3 Å². The maximum absolute atomic E-state index is 13.1. The van der Waals surface area contributed by atoms with Gasteiger partial charge in [-0.15, -0.1) is 0 Å². The summed E-state index contributed by atoms with van der Waals surface area (Å²) in [5.41, 5.74) is 7.76. The Hall–Kier alpha value is -3.90. The zero-order chi connectivity index (χ0) is 24.6. The van der Waals surface area contributed by atoms with E-state index in [1.165, 1.54) is 18.5 Å². The van der Waals surface area contributed by atoms with Gasteiger partial charge in [0.15, 0.2) is 17.1 Å². The highest BCUT2D eigenvalue weighted by Crippen LogP contribution is 2.33. The number of amides is 1. The molecule has 12 nitrogen and oxygen atoms in total. The van der Waals surface area contributed by atoms with Gasteiger partial charge in [0.2, 0.25) is 11.5 Å². The molecule has 0 bridgehead atoms. The molecule has 3 N–H and O–H groups in total. The number of fused-ring (bicyclic) bond motifs is 1. The summed E-state index contributed by atoms with van der Waals surface area (Å²) < 4.78 is 16.9. The first-order chi connectivity index (χ1) is 17.5. The van der Waals surface area contributed by atoms with Crippen LogP contribution >= 0.6 is 11.6 Å². The lowest BCUT2D eigenvalue weighted by atomic mass is 10.2. The molecule has 0 radical (unpaired) electrons. The number of hydrogen-bond donors (Lipinski definition) is 2.